The molecule has 5 nitrogen and oxygen atoms in total. The van der Waals surface area contributed by atoms with Crippen LogP contribution in [0.15, 0.2) is 16.5 Å². The van der Waals surface area contributed by atoms with Crippen molar-refractivity contribution in [2.45, 2.75) is 13.5 Å². The monoisotopic (exact) mass is 227 g/mol. The van der Waals surface area contributed by atoms with E-state index in [1.165, 1.54) is 6.07 Å². The number of hydrogen-bond acceptors (Lipinski definition) is 4. The van der Waals surface area contributed by atoms with E-state index in [0.717, 1.165) is 6.54 Å². The number of carboxylic acid groups (broad SMARTS) is 1. The molecule has 1 aromatic heterocycles. The van der Waals surface area contributed by atoms with E-state index in [1.54, 1.807) is 6.07 Å². The maximum atomic E-state index is 10.6. The summed E-state index contributed by atoms with van der Waals surface area (Å²) in [6.45, 7) is 4.69. The fraction of sp³-hybridized carbons (Fsp3) is 0.545. The Morgan fingerprint density at radius 3 is 2.88 bits per heavy atom. The molecule has 0 atom stereocenters. The molecule has 0 radical (unpaired) electrons. The zero-order valence-electron chi connectivity index (χ0n) is 9.60. The minimum absolute atomic E-state index is 0.0202. The van der Waals surface area contributed by atoms with Gasteiger partial charge in [-0.2, -0.15) is 0 Å². The van der Waals surface area contributed by atoms with Crippen LogP contribution in [0, 0.1) is 0 Å². The van der Waals surface area contributed by atoms with Crippen molar-refractivity contribution in [2.75, 3.05) is 26.8 Å². The number of carboxylic acids is 1. The van der Waals surface area contributed by atoms with Gasteiger partial charge in [0.2, 0.25) is 5.76 Å². The molecule has 0 bridgehead atoms. The third-order valence-corrected chi connectivity index (χ3v) is 2.12. The van der Waals surface area contributed by atoms with Gasteiger partial charge in [-0.15, -0.1) is 0 Å². The minimum atomic E-state index is -1.04. The highest BCUT2D eigenvalue weighted by Crippen LogP contribution is 2.09. The molecule has 0 aliphatic carbocycles. The van der Waals surface area contributed by atoms with E-state index in [-0.39, 0.29) is 5.76 Å². The Bertz CT molecular complexity index is 334. The van der Waals surface area contributed by atoms with E-state index >= 15 is 0 Å². The van der Waals surface area contributed by atoms with Crippen LogP contribution in [0.1, 0.15) is 23.2 Å². The first-order valence-electron chi connectivity index (χ1n) is 5.21. The third kappa shape index (κ3) is 4.04. The highest BCUT2D eigenvalue weighted by molar-refractivity contribution is 5.84. The number of ether oxygens (including phenoxy) is 1. The Hall–Kier alpha value is -1.33. The van der Waals surface area contributed by atoms with E-state index in [0.29, 0.717) is 25.5 Å². The highest BCUT2D eigenvalue weighted by Gasteiger charge is 2.10. The standard InChI is InChI=1S/C11H17NO4/c1-3-15-7-6-12(2)8-9-4-5-10(16-9)11(13)14/h4-5H,3,6-8H2,1-2H3,(H,13,14). The van der Waals surface area contributed by atoms with Crippen molar-refractivity contribution in [3.8, 4) is 0 Å². The molecule has 0 amide bonds. The second-order valence-corrected chi connectivity index (χ2v) is 3.51. The normalized spacial score (nSPS) is 10.9. The molecule has 0 aliphatic heterocycles. The Balaban J connectivity index is 2.37. The largest absolute Gasteiger partial charge is 0.475 e. The first-order valence-corrected chi connectivity index (χ1v) is 5.21. The third-order valence-electron chi connectivity index (χ3n) is 2.12. The fourth-order valence-corrected chi connectivity index (χ4v) is 1.29. The molecule has 16 heavy (non-hydrogen) atoms. The molecule has 90 valence electrons. The lowest BCUT2D eigenvalue weighted by molar-refractivity contribution is 0.0657. The van der Waals surface area contributed by atoms with Gasteiger partial charge in [-0.05, 0) is 26.1 Å². The lowest BCUT2D eigenvalue weighted by Gasteiger charge is -2.14. The van der Waals surface area contributed by atoms with Crippen molar-refractivity contribution < 1.29 is 19.1 Å². The van der Waals surface area contributed by atoms with Gasteiger partial charge in [0.25, 0.3) is 0 Å². The summed E-state index contributed by atoms with van der Waals surface area (Å²) in [5, 5.41) is 8.68. The van der Waals surface area contributed by atoms with E-state index in [2.05, 4.69) is 0 Å². The zero-order chi connectivity index (χ0) is 12.0. The maximum absolute atomic E-state index is 10.6. The average Bonchev–Trinajstić information content (AvgIpc) is 2.66. The molecule has 0 unspecified atom stereocenters. The quantitative estimate of drug-likeness (QED) is 0.714. The van der Waals surface area contributed by atoms with Crippen LogP contribution in [0.4, 0.5) is 0 Å². The zero-order valence-corrected chi connectivity index (χ0v) is 9.60. The first kappa shape index (κ1) is 12.7. The predicted octanol–water partition coefficient (Wildman–Crippen LogP) is 1.45. The molecule has 1 heterocycles. The number of rotatable bonds is 7. The summed E-state index contributed by atoms with van der Waals surface area (Å²) >= 11 is 0. The molecule has 1 rings (SSSR count). The lowest BCUT2D eigenvalue weighted by atomic mass is 10.4. The van der Waals surface area contributed by atoms with E-state index in [1.807, 2.05) is 18.9 Å². The topological polar surface area (TPSA) is 62.9 Å². The molecule has 1 aromatic rings. The molecule has 1 N–H and O–H groups in total. The number of likely N-dealkylation sites (N-methyl/N-ethyl adjacent to an activating group) is 1. The molecule has 5 heteroatoms. The number of aromatic carboxylic acids is 1. The summed E-state index contributed by atoms with van der Waals surface area (Å²) in [5.74, 6) is -0.409. The number of hydrogen-bond donors (Lipinski definition) is 1. The van der Waals surface area contributed by atoms with Crippen LogP contribution in [0.25, 0.3) is 0 Å². The van der Waals surface area contributed by atoms with E-state index in [4.69, 9.17) is 14.3 Å². The minimum Gasteiger partial charge on any atom is -0.475 e. The number of nitrogens with zero attached hydrogens (tertiary/aromatic N) is 1. The van der Waals surface area contributed by atoms with Crippen LogP contribution in [-0.4, -0.2) is 42.8 Å². The average molecular weight is 227 g/mol. The fourth-order valence-electron chi connectivity index (χ4n) is 1.29. The summed E-state index contributed by atoms with van der Waals surface area (Å²) < 4.78 is 10.4. The maximum Gasteiger partial charge on any atom is 0.371 e. The van der Waals surface area contributed by atoms with Crippen LogP contribution in [0.3, 0.4) is 0 Å². The van der Waals surface area contributed by atoms with Crippen molar-refractivity contribution in [1.82, 2.24) is 4.90 Å². The second-order valence-electron chi connectivity index (χ2n) is 3.51. The SMILES string of the molecule is CCOCCN(C)Cc1ccc(C(=O)O)o1. The van der Waals surface area contributed by atoms with Gasteiger partial charge in [-0.3, -0.25) is 4.90 Å². The Labute approximate surface area is 94.6 Å². The first-order chi connectivity index (χ1) is 7.63. The Morgan fingerprint density at radius 1 is 1.56 bits per heavy atom. The van der Waals surface area contributed by atoms with Crippen molar-refractivity contribution >= 4 is 5.97 Å². The number of carbonyl (C=O) groups is 1. The van der Waals surface area contributed by atoms with Crippen LogP contribution in [0.2, 0.25) is 0 Å². The second kappa shape index (κ2) is 6.30. The van der Waals surface area contributed by atoms with Gasteiger partial charge in [0.15, 0.2) is 0 Å². The van der Waals surface area contributed by atoms with Gasteiger partial charge in [-0.1, -0.05) is 0 Å². The Kier molecular flexibility index (Phi) is 5.01. The molecular weight excluding hydrogens is 210 g/mol. The van der Waals surface area contributed by atoms with Gasteiger partial charge in [0.1, 0.15) is 5.76 Å². The summed E-state index contributed by atoms with van der Waals surface area (Å²) in [5.41, 5.74) is 0. The van der Waals surface area contributed by atoms with Gasteiger partial charge >= 0.3 is 5.97 Å². The van der Waals surface area contributed by atoms with Gasteiger partial charge in [0.05, 0.1) is 13.2 Å². The molecule has 0 saturated heterocycles. The predicted molar refractivity (Wildman–Crippen MR) is 58.5 cm³/mol. The van der Waals surface area contributed by atoms with Gasteiger partial charge in [-0.25, -0.2) is 4.79 Å². The van der Waals surface area contributed by atoms with Crippen LogP contribution >= 0.6 is 0 Å². The molecular formula is C11H17NO4. The van der Waals surface area contributed by atoms with E-state index in [9.17, 15) is 4.79 Å². The van der Waals surface area contributed by atoms with Gasteiger partial charge < -0.3 is 14.3 Å². The van der Waals surface area contributed by atoms with Crippen LogP contribution < -0.4 is 0 Å². The molecule has 0 aromatic carbocycles. The number of furan rings is 1. The molecule has 0 spiro atoms. The van der Waals surface area contributed by atoms with Crippen molar-refractivity contribution in [3.63, 3.8) is 0 Å². The lowest BCUT2D eigenvalue weighted by Crippen LogP contribution is -2.22. The van der Waals surface area contributed by atoms with Crippen molar-refractivity contribution in [2.24, 2.45) is 0 Å². The summed E-state index contributed by atoms with van der Waals surface area (Å²) in [4.78, 5) is 12.6. The summed E-state index contributed by atoms with van der Waals surface area (Å²) in [7, 11) is 1.93. The van der Waals surface area contributed by atoms with Crippen LogP contribution in [0.5, 0.6) is 0 Å². The smallest absolute Gasteiger partial charge is 0.371 e. The highest BCUT2D eigenvalue weighted by atomic mass is 16.5. The Morgan fingerprint density at radius 2 is 2.31 bits per heavy atom. The molecule has 0 aliphatic rings. The molecule has 0 fully saturated rings. The molecule has 0 saturated carbocycles. The van der Waals surface area contributed by atoms with Gasteiger partial charge in [0, 0.05) is 13.2 Å². The van der Waals surface area contributed by atoms with Crippen molar-refractivity contribution in [3.05, 3.63) is 23.7 Å². The van der Waals surface area contributed by atoms with Crippen LogP contribution in [-0.2, 0) is 11.3 Å². The van der Waals surface area contributed by atoms with E-state index < -0.39 is 5.97 Å². The summed E-state index contributed by atoms with van der Waals surface area (Å²) in [6, 6.07) is 3.15. The van der Waals surface area contributed by atoms with Crippen molar-refractivity contribution in [1.29, 1.82) is 0 Å². The summed E-state index contributed by atoms with van der Waals surface area (Å²) in [6.07, 6.45) is 0.